The van der Waals surface area contributed by atoms with Gasteiger partial charge in [0.05, 0.1) is 0 Å². The predicted octanol–water partition coefficient (Wildman–Crippen LogP) is 4.84. The van der Waals surface area contributed by atoms with E-state index < -0.39 is 6.10 Å². The monoisotopic (exact) mass is 362 g/mol. The number of rotatable bonds is 5. The second kappa shape index (κ2) is 8.77. The second-order valence-electron chi connectivity index (χ2n) is 6.50. The lowest BCUT2D eigenvalue weighted by Crippen LogP contribution is -2.30. The van der Waals surface area contributed by atoms with Crippen LogP contribution >= 0.6 is 12.4 Å². The van der Waals surface area contributed by atoms with Crippen molar-refractivity contribution in [1.29, 1.82) is 0 Å². The third-order valence-corrected chi connectivity index (χ3v) is 4.06. The van der Waals surface area contributed by atoms with E-state index in [0.717, 1.165) is 5.56 Å². The third-order valence-electron chi connectivity index (χ3n) is 4.06. The molecule has 2 aromatic carbocycles. The van der Waals surface area contributed by atoms with Gasteiger partial charge in [0, 0.05) is 11.4 Å². The van der Waals surface area contributed by atoms with Crippen LogP contribution in [0.25, 0.3) is 0 Å². The van der Waals surface area contributed by atoms with Crippen molar-refractivity contribution in [3.63, 3.8) is 0 Å². The number of hydrogen-bond donors (Lipinski definition) is 2. The van der Waals surface area contributed by atoms with Gasteiger partial charge in [-0.2, -0.15) is 0 Å². The fourth-order valence-electron chi connectivity index (χ4n) is 2.64. The number of anilines is 2. The molecule has 0 fully saturated rings. The Balaban J connectivity index is 0.00000312. The smallest absolute Gasteiger partial charge is 0.265 e. The summed E-state index contributed by atoms with van der Waals surface area (Å²) in [4.78, 5) is 12.4. The van der Waals surface area contributed by atoms with Gasteiger partial charge in [0.1, 0.15) is 5.75 Å². The van der Waals surface area contributed by atoms with E-state index in [2.05, 4.69) is 32.2 Å². The fraction of sp³-hybridized carbons (Fsp3) is 0.350. The molecule has 4 nitrogen and oxygen atoms in total. The molecule has 0 spiro atoms. The first-order valence-corrected chi connectivity index (χ1v) is 8.22. The average Bonchev–Trinajstić information content (AvgIpc) is 2.50. The third kappa shape index (κ3) is 5.40. The summed E-state index contributed by atoms with van der Waals surface area (Å²) >= 11 is 0. The summed E-state index contributed by atoms with van der Waals surface area (Å²) in [5, 5.41) is 2.87. The normalized spacial score (nSPS) is 11.6. The first kappa shape index (κ1) is 20.8. The number of ether oxygens (including phenoxy) is 1. The molecule has 0 aliphatic rings. The van der Waals surface area contributed by atoms with Gasteiger partial charge in [0.15, 0.2) is 6.10 Å². The number of amides is 1. The van der Waals surface area contributed by atoms with Crippen molar-refractivity contribution >= 4 is 29.7 Å². The largest absolute Gasteiger partial charge is 0.481 e. The summed E-state index contributed by atoms with van der Waals surface area (Å²) in [5.41, 5.74) is 10.5. The van der Waals surface area contributed by atoms with Crippen LogP contribution in [0, 0.1) is 13.8 Å². The quantitative estimate of drug-likeness (QED) is 0.748. The van der Waals surface area contributed by atoms with Crippen molar-refractivity contribution in [2.75, 3.05) is 11.1 Å². The minimum absolute atomic E-state index is 0. The Bertz CT molecular complexity index is 744. The molecule has 1 amide bonds. The van der Waals surface area contributed by atoms with E-state index in [-0.39, 0.29) is 18.3 Å². The Morgan fingerprint density at radius 2 is 1.72 bits per heavy atom. The Labute approximate surface area is 156 Å². The van der Waals surface area contributed by atoms with Crippen molar-refractivity contribution in [2.45, 2.75) is 46.6 Å². The Hall–Kier alpha value is -2.20. The van der Waals surface area contributed by atoms with Gasteiger partial charge in [-0.05, 0) is 67.6 Å². The molecule has 2 aromatic rings. The van der Waals surface area contributed by atoms with Crippen LogP contribution in [0.5, 0.6) is 5.75 Å². The molecular formula is C20H27ClN2O2. The van der Waals surface area contributed by atoms with Crippen molar-refractivity contribution in [2.24, 2.45) is 0 Å². The van der Waals surface area contributed by atoms with E-state index in [4.69, 9.17) is 10.5 Å². The number of benzene rings is 2. The highest BCUT2D eigenvalue weighted by atomic mass is 35.5. The van der Waals surface area contributed by atoms with Gasteiger partial charge in [-0.1, -0.05) is 26.0 Å². The molecule has 5 heteroatoms. The van der Waals surface area contributed by atoms with Crippen LogP contribution in [0.1, 0.15) is 43.4 Å². The molecule has 0 saturated carbocycles. The van der Waals surface area contributed by atoms with Gasteiger partial charge in [-0.25, -0.2) is 0 Å². The molecule has 3 N–H and O–H groups in total. The summed E-state index contributed by atoms with van der Waals surface area (Å²) in [5.74, 6) is 0.962. The lowest BCUT2D eigenvalue weighted by molar-refractivity contribution is -0.122. The van der Waals surface area contributed by atoms with Crippen molar-refractivity contribution in [1.82, 2.24) is 0 Å². The van der Waals surface area contributed by atoms with E-state index in [9.17, 15) is 4.79 Å². The molecule has 1 unspecified atom stereocenters. The van der Waals surface area contributed by atoms with E-state index in [1.807, 2.05) is 31.2 Å². The molecular weight excluding hydrogens is 336 g/mol. The topological polar surface area (TPSA) is 64.3 Å². The van der Waals surface area contributed by atoms with Crippen LogP contribution in [-0.2, 0) is 4.79 Å². The lowest BCUT2D eigenvalue weighted by Gasteiger charge is -2.17. The highest BCUT2D eigenvalue weighted by molar-refractivity contribution is 5.95. The first-order chi connectivity index (χ1) is 11.3. The van der Waals surface area contributed by atoms with Crippen LogP contribution in [-0.4, -0.2) is 12.0 Å². The van der Waals surface area contributed by atoms with Crippen molar-refractivity contribution in [3.8, 4) is 5.75 Å². The number of halogens is 1. The van der Waals surface area contributed by atoms with Crippen LogP contribution < -0.4 is 15.8 Å². The molecule has 0 aliphatic carbocycles. The summed E-state index contributed by atoms with van der Waals surface area (Å²) in [6, 6.07) is 11.4. The van der Waals surface area contributed by atoms with Crippen LogP contribution in [0.15, 0.2) is 36.4 Å². The van der Waals surface area contributed by atoms with Gasteiger partial charge in [0.2, 0.25) is 0 Å². The molecule has 0 saturated heterocycles. The van der Waals surface area contributed by atoms with Gasteiger partial charge in [-0.3, -0.25) is 4.79 Å². The fourth-order valence-corrected chi connectivity index (χ4v) is 2.64. The number of nitrogens with two attached hydrogens (primary N) is 1. The Morgan fingerprint density at radius 3 is 2.32 bits per heavy atom. The lowest BCUT2D eigenvalue weighted by atomic mass is 9.98. The maximum Gasteiger partial charge on any atom is 0.265 e. The van der Waals surface area contributed by atoms with Crippen LogP contribution in [0.2, 0.25) is 0 Å². The molecule has 0 heterocycles. The Morgan fingerprint density at radius 1 is 1.04 bits per heavy atom. The highest BCUT2D eigenvalue weighted by Gasteiger charge is 2.16. The zero-order chi connectivity index (χ0) is 17.9. The SMILES string of the molecule is Cc1ccc(N)cc1NC(=O)C(C)Oc1ccc(C(C)C)c(C)c1.Cl. The Kier molecular flexibility index (Phi) is 7.31. The summed E-state index contributed by atoms with van der Waals surface area (Å²) in [6.07, 6.45) is -0.602. The van der Waals surface area contributed by atoms with Crippen LogP contribution in [0.3, 0.4) is 0 Å². The highest BCUT2D eigenvalue weighted by Crippen LogP contribution is 2.24. The first-order valence-electron chi connectivity index (χ1n) is 8.22. The molecule has 25 heavy (non-hydrogen) atoms. The molecule has 0 radical (unpaired) electrons. The van der Waals surface area contributed by atoms with Gasteiger partial charge in [0.25, 0.3) is 5.91 Å². The average molecular weight is 363 g/mol. The van der Waals surface area contributed by atoms with Crippen LogP contribution in [0.4, 0.5) is 11.4 Å². The van der Waals surface area contributed by atoms with E-state index in [1.54, 1.807) is 13.0 Å². The van der Waals surface area contributed by atoms with Crippen molar-refractivity contribution in [3.05, 3.63) is 53.1 Å². The van der Waals surface area contributed by atoms with Gasteiger partial charge >= 0.3 is 0 Å². The molecule has 0 bridgehead atoms. The van der Waals surface area contributed by atoms with E-state index in [1.165, 1.54) is 11.1 Å². The number of nitrogens with one attached hydrogen (secondary N) is 1. The molecule has 0 aromatic heterocycles. The second-order valence-corrected chi connectivity index (χ2v) is 6.50. The number of nitrogen functional groups attached to an aromatic ring is 1. The minimum atomic E-state index is -0.602. The number of aryl methyl sites for hydroxylation is 2. The van der Waals surface area contributed by atoms with Crippen molar-refractivity contribution < 1.29 is 9.53 Å². The molecule has 1 atom stereocenters. The number of hydrogen-bond acceptors (Lipinski definition) is 3. The van der Waals surface area contributed by atoms with E-state index in [0.29, 0.717) is 23.0 Å². The summed E-state index contributed by atoms with van der Waals surface area (Å²) in [6.45, 7) is 10.0. The predicted molar refractivity (Wildman–Crippen MR) is 107 cm³/mol. The number of carbonyl (C=O) groups excluding carboxylic acids is 1. The standard InChI is InChI=1S/C20H26N2O2.ClH/c1-12(2)18-9-8-17(10-14(18)4)24-15(5)20(23)22-19-11-16(21)7-6-13(19)3;/h6-12,15H,21H2,1-5H3,(H,22,23);1H. The van der Waals surface area contributed by atoms with Gasteiger partial charge < -0.3 is 15.8 Å². The molecule has 136 valence electrons. The zero-order valence-corrected chi connectivity index (χ0v) is 16.2. The maximum atomic E-state index is 12.4. The molecule has 0 aliphatic heterocycles. The minimum Gasteiger partial charge on any atom is -0.481 e. The summed E-state index contributed by atoms with van der Waals surface area (Å²) in [7, 11) is 0. The van der Waals surface area contributed by atoms with E-state index >= 15 is 0 Å². The zero-order valence-electron chi connectivity index (χ0n) is 15.4. The maximum absolute atomic E-state index is 12.4. The summed E-state index contributed by atoms with van der Waals surface area (Å²) < 4.78 is 5.79. The number of carbonyl (C=O) groups is 1. The molecule has 2 rings (SSSR count). The van der Waals surface area contributed by atoms with Gasteiger partial charge in [-0.15, -0.1) is 12.4 Å².